The van der Waals surface area contributed by atoms with Gasteiger partial charge in [0.2, 0.25) is 0 Å². The molecule has 21 heavy (non-hydrogen) atoms. The Bertz CT molecular complexity index is 604. The average molecular weight is 280 g/mol. The Hall–Kier alpha value is -1.80. The maximum Gasteiger partial charge on any atom is 0.0411 e. The van der Waals surface area contributed by atoms with Gasteiger partial charge in [0, 0.05) is 37.6 Å². The van der Waals surface area contributed by atoms with E-state index in [0.717, 1.165) is 6.54 Å². The maximum atomic E-state index is 2.55. The van der Waals surface area contributed by atoms with Crippen LogP contribution in [0, 0.1) is 0 Å². The van der Waals surface area contributed by atoms with E-state index in [2.05, 4.69) is 79.2 Å². The first-order valence-electron chi connectivity index (χ1n) is 7.80. The first-order chi connectivity index (χ1) is 10.1. The number of para-hydroxylation sites is 1. The Labute approximate surface area is 128 Å². The van der Waals surface area contributed by atoms with E-state index in [1.807, 2.05) is 0 Å². The third kappa shape index (κ3) is 2.96. The number of nitrogens with zero attached hydrogens (tertiary/aromatic N) is 2. The van der Waals surface area contributed by atoms with Crippen LogP contribution in [-0.2, 0) is 13.0 Å². The van der Waals surface area contributed by atoms with Crippen LogP contribution < -0.4 is 4.90 Å². The fraction of sp³-hybridized carbons (Fsp3) is 0.368. The van der Waals surface area contributed by atoms with Gasteiger partial charge in [-0.15, -0.1) is 0 Å². The van der Waals surface area contributed by atoms with Crippen LogP contribution in [0.25, 0.3) is 0 Å². The van der Waals surface area contributed by atoms with Gasteiger partial charge in [0.1, 0.15) is 0 Å². The van der Waals surface area contributed by atoms with Crippen LogP contribution in [0.5, 0.6) is 0 Å². The van der Waals surface area contributed by atoms with E-state index in [0.29, 0.717) is 6.04 Å². The monoisotopic (exact) mass is 280 g/mol. The molecule has 2 aromatic carbocycles. The van der Waals surface area contributed by atoms with Gasteiger partial charge in [0.05, 0.1) is 0 Å². The number of fused-ring (bicyclic) bond motifs is 1. The Balaban J connectivity index is 1.87. The Morgan fingerprint density at radius 3 is 2.43 bits per heavy atom. The summed E-state index contributed by atoms with van der Waals surface area (Å²) in [5, 5.41) is 0. The summed E-state index contributed by atoms with van der Waals surface area (Å²) in [6.45, 7) is 6.82. The lowest BCUT2D eigenvalue weighted by Gasteiger charge is -2.32. The molecule has 0 saturated carbocycles. The van der Waals surface area contributed by atoms with Crippen molar-refractivity contribution in [1.29, 1.82) is 0 Å². The predicted molar refractivity (Wildman–Crippen MR) is 90.2 cm³/mol. The van der Waals surface area contributed by atoms with E-state index in [4.69, 9.17) is 0 Å². The summed E-state index contributed by atoms with van der Waals surface area (Å²) in [6.07, 6.45) is 1.17. The molecule has 0 aromatic heterocycles. The maximum absolute atomic E-state index is 2.55. The van der Waals surface area contributed by atoms with Gasteiger partial charge in [0.15, 0.2) is 0 Å². The normalized spacial score (nSPS) is 15.0. The van der Waals surface area contributed by atoms with E-state index < -0.39 is 0 Å². The fourth-order valence-electron chi connectivity index (χ4n) is 3.02. The highest BCUT2D eigenvalue weighted by atomic mass is 15.1. The van der Waals surface area contributed by atoms with Gasteiger partial charge >= 0.3 is 0 Å². The number of anilines is 2. The van der Waals surface area contributed by atoms with Crippen LogP contribution in [0.2, 0.25) is 0 Å². The average Bonchev–Trinajstić information content (AvgIpc) is 2.54. The molecule has 0 radical (unpaired) electrons. The molecule has 0 bridgehead atoms. The van der Waals surface area contributed by atoms with Crippen molar-refractivity contribution in [2.45, 2.75) is 32.9 Å². The third-order valence-corrected chi connectivity index (χ3v) is 4.49. The second kappa shape index (κ2) is 5.90. The van der Waals surface area contributed by atoms with E-state index in [9.17, 15) is 0 Å². The van der Waals surface area contributed by atoms with Gasteiger partial charge in [-0.25, -0.2) is 0 Å². The second-order valence-electron chi connectivity index (χ2n) is 6.16. The molecule has 1 heterocycles. The summed E-state index contributed by atoms with van der Waals surface area (Å²) >= 11 is 0. The number of hydrogen-bond donors (Lipinski definition) is 0. The lowest BCUT2D eigenvalue weighted by molar-refractivity contribution is 0.203. The smallest absolute Gasteiger partial charge is 0.0411 e. The van der Waals surface area contributed by atoms with E-state index in [-0.39, 0.29) is 0 Å². The first kappa shape index (κ1) is 14.2. The standard InChI is InChI=1S/C19H24N2/c1-15(2)21-12-11-16-9-10-19(13-17(16)14-21)20(3)18-7-5-4-6-8-18/h4-10,13,15H,11-12,14H2,1-3H3. The Kier molecular flexibility index (Phi) is 3.98. The zero-order chi connectivity index (χ0) is 14.8. The van der Waals surface area contributed by atoms with Crippen LogP contribution in [0.1, 0.15) is 25.0 Å². The van der Waals surface area contributed by atoms with Crippen molar-refractivity contribution in [3.63, 3.8) is 0 Å². The SMILES string of the molecule is CC(C)N1CCc2ccc(N(C)c3ccccc3)cc2C1. The molecule has 0 aliphatic carbocycles. The highest BCUT2D eigenvalue weighted by Gasteiger charge is 2.19. The molecule has 1 aliphatic heterocycles. The molecule has 2 nitrogen and oxygen atoms in total. The van der Waals surface area contributed by atoms with Gasteiger partial charge in [-0.05, 0) is 55.7 Å². The zero-order valence-electron chi connectivity index (χ0n) is 13.2. The molecule has 0 atom stereocenters. The van der Waals surface area contributed by atoms with E-state index in [1.165, 1.54) is 35.5 Å². The molecular formula is C19H24N2. The molecule has 0 saturated heterocycles. The lowest BCUT2D eigenvalue weighted by Crippen LogP contribution is -2.35. The van der Waals surface area contributed by atoms with Crippen LogP contribution in [0.3, 0.4) is 0 Å². The van der Waals surface area contributed by atoms with Crippen molar-refractivity contribution < 1.29 is 0 Å². The van der Waals surface area contributed by atoms with Gasteiger partial charge in [0.25, 0.3) is 0 Å². The van der Waals surface area contributed by atoms with Crippen molar-refractivity contribution in [2.24, 2.45) is 0 Å². The summed E-state index contributed by atoms with van der Waals surface area (Å²) in [7, 11) is 2.14. The highest BCUT2D eigenvalue weighted by Crippen LogP contribution is 2.28. The summed E-state index contributed by atoms with van der Waals surface area (Å²) in [5.74, 6) is 0. The highest BCUT2D eigenvalue weighted by molar-refractivity contribution is 5.63. The Morgan fingerprint density at radius 1 is 0.952 bits per heavy atom. The largest absolute Gasteiger partial charge is 0.345 e. The first-order valence-corrected chi connectivity index (χ1v) is 7.80. The molecule has 3 rings (SSSR count). The second-order valence-corrected chi connectivity index (χ2v) is 6.16. The molecule has 1 aliphatic rings. The minimum atomic E-state index is 0.619. The Morgan fingerprint density at radius 2 is 1.71 bits per heavy atom. The summed E-state index contributed by atoms with van der Waals surface area (Å²) in [6, 6.07) is 18.1. The summed E-state index contributed by atoms with van der Waals surface area (Å²) in [5.41, 5.74) is 5.49. The summed E-state index contributed by atoms with van der Waals surface area (Å²) < 4.78 is 0. The minimum Gasteiger partial charge on any atom is -0.345 e. The number of hydrogen-bond acceptors (Lipinski definition) is 2. The van der Waals surface area contributed by atoms with Crippen molar-refractivity contribution in [3.8, 4) is 0 Å². The topological polar surface area (TPSA) is 6.48 Å². The predicted octanol–water partition coefficient (Wildman–Crippen LogP) is 4.22. The fourth-order valence-corrected chi connectivity index (χ4v) is 3.02. The van der Waals surface area contributed by atoms with Gasteiger partial charge in [-0.1, -0.05) is 24.3 Å². The van der Waals surface area contributed by atoms with Gasteiger partial charge in [-0.3, -0.25) is 4.90 Å². The van der Waals surface area contributed by atoms with Crippen molar-refractivity contribution in [2.75, 3.05) is 18.5 Å². The van der Waals surface area contributed by atoms with Gasteiger partial charge < -0.3 is 4.90 Å². The van der Waals surface area contributed by atoms with Crippen LogP contribution >= 0.6 is 0 Å². The van der Waals surface area contributed by atoms with Crippen LogP contribution in [0.4, 0.5) is 11.4 Å². The molecule has 0 fully saturated rings. The lowest BCUT2D eigenvalue weighted by atomic mass is 9.98. The third-order valence-electron chi connectivity index (χ3n) is 4.49. The van der Waals surface area contributed by atoms with Crippen molar-refractivity contribution in [3.05, 3.63) is 59.7 Å². The quantitative estimate of drug-likeness (QED) is 0.830. The minimum absolute atomic E-state index is 0.619. The molecular weight excluding hydrogens is 256 g/mol. The molecule has 2 aromatic rings. The molecule has 110 valence electrons. The molecule has 0 spiro atoms. The summed E-state index contributed by atoms with van der Waals surface area (Å²) in [4.78, 5) is 4.81. The molecule has 0 unspecified atom stereocenters. The van der Waals surface area contributed by atoms with Crippen LogP contribution in [0.15, 0.2) is 48.5 Å². The number of benzene rings is 2. The van der Waals surface area contributed by atoms with Crippen molar-refractivity contribution >= 4 is 11.4 Å². The molecule has 0 N–H and O–H groups in total. The molecule has 0 amide bonds. The van der Waals surface area contributed by atoms with Crippen LogP contribution in [-0.4, -0.2) is 24.5 Å². The molecule has 2 heteroatoms. The van der Waals surface area contributed by atoms with Crippen molar-refractivity contribution in [1.82, 2.24) is 4.90 Å². The van der Waals surface area contributed by atoms with Gasteiger partial charge in [-0.2, -0.15) is 0 Å². The van der Waals surface area contributed by atoms with E-state index >= 15 is 0 Å². The number of rotatable bonds is 3. The van der Waals surface area contributed by atoms with E-state index in [1.54, 1.807) is 0 Å². The zero-order valence-corrected chi connectivity index (χ0v) is 13.2.